The molecule has 2 aromatic heterocycles. The highest BCUT2D eigenvalue weighted by Gasteiger charge is 2.13. The fraction of sp³-hybridized carbons (Fsp3) is 0.208. The Labute approximate surface area is 176 Å². The first-order chi connectivity index (χ1) is 14.6. The van der Waals surface area contributed by atoms with Gasteiger partial charge in [0.15, 0.2) is 0 Å². The average Bonchev–Trinajstić information content (AvgIpc) is 3.36. The van der Waals surface area contributed by atoms with E-state index in [1.165, 1.54) is 5.56 Å². The van der Waals surface area contributed by atoms with Gasteiger partial charge in [-0.2, -0.15) is 10.2 Å². The van der Waals surface area contributed by atoms with Crippen molar-refractivity contribution in [3.8, 4) is 0 Å². The van der Waals surface area contributed by atoms with E-state index in [2.05, 4.69) is 34.6 Å². The number of amides is 1. The van der Waals surface area contributed by atoms with E-state index in [0.717, 1.165) is 29.1 Å². The van der Waals surface area contributed by atoms with Crippen LogP contribution in [-0.4, -0.2) is 25.5 Å². The van der Waals surface area contributed by atoms with E-state index in [1.807, 2.05) is 71.0 Å². The van der Waals surface area contributed by atoms with Crippen LogP contribution in [0.1, 0.15) is 38.4 Å². The van der Waals surface area contributed by atoms with E-state index < -0.39 is 0 Å². The second-order valence-corrected chi connectivity index (χ2v) is 7.38. The van der Waals surface area contributed by atoms with Crippen molar-refractivity contribution in [3.05, 3.63) is 107 Å². The third kappa shape index (κ3) is 4.49. The third-order valence-corrected chi connectivity index (χ3v) is 5.25. The molecular weight excluding hydrogens is 374 g/mol. The molecule has 30 heavy (non-hydrogen) atoms. The van der Waals surface area contributed by atoms with Crippen LogP contribution >= 0.6 is 0 Å². The number of aryl methyl sites for hydroxylation is 1. The van der Waals surface area contributed by atoms with Gasteiger partial charge in [-0.1, -0.05) is 42.5 Å². The molecule has 4 rings (SSSR count). The number of nitrogens with one attached hydrogen (secondary N) is 1. The van der Waals surface area contributed by atoms with Crippen LogP contribution in [0.2, 0.25) is 0 Å². The predicted molar refractivity (Wildman–Crippen MR) is 116 cm³/mol. The molecule has 0 aliphatic carbocycles. The van der Waals surface area contributed by atoms with E-state index in [-0.39, 0.29) is 5.91 Å². The Bertz CT molecular complexity index is 1110. The summed E-state index contributed by atoms with van der Waals surface area (Å²) in [6.07, 6.45) is 3.68. The van der Waals surface area contributed by atoms with E-state index in [9.17, 15) is 4.79 Å². The maximum absolute atomic E-state index is 12.6. The van der Waals surface area contributed by atoms with Crippen molar-refractivity contribution in [2.45, 2.75) is 33.5 Å². The highest BCUT2D eigenvalue weighted by atomic mass is 16.1. The summed E-state index contributed by atoms with van der Waals surface area (Å²) in [5, 5.41) is 11.9. The Morgan fingerprint density at radius 3 is 2.37 bits per heavy atom. The lowest BCUT2D eigenvalue weighted by atomic mass is 10.1. The molecule has 4 aromatic rings. The maximum atomic E-state index is 12.6. The van der Waals surface area contributed by atoms with E-state index >= 15 is 0 Å². The fourth-order valence-electron chi connectivity index (χ4n) is 3.51. The number of benzene rings is 2. The van der Waals surface area contributed by atoms with Gasteiger partial charge in [0.2, 0.25) is 0 Å². The Kier molecular flexibility index (Phi) is 5.75. The summed E-state index contributed by atoms with van der Waals surface area (Å²) < 4.78 is 3.85. The molecule has 0 aliphatic rings. The monoisotopic (exact) mass is 399 g/mol. The van der Waals surface area contributed by atoms with Crippen molar-refractivity contribution in [3.63, 3.8) is 0 Å². The summed E-state index contributed by atoms with van der Waals surface area (Å²) >= 11 is 0. The van der Waals surface area contributed by atoms with Crippen molar-refractivity contribution in [2.24, 2.45) is 0 Å². The van der Waals surface area contributed by atoms with Gasteiger partial charge in [-0.05, 0) is 43.2 Å². The van der Waals surface area contributed by atoms with Gasteiger partial charge in [-0.25, -0.2) is 0 Å². The van der Waals surface area contributed by atoms with Gasteiger partial charge in [0.1, 0.15) is 0 Å². The first-order valence-electron chi connectivity index (χ1n) is 10.0. The van der Waals surface area contributed by atoms with Gasteiger partial charge < -0.3 is 5.32 Å². The lowest BCUT2D eigenvalue weighted by Gasteiger charge is -2.08. The molecule has 2 heterocycles. The summed E-state index contributed by atoms with van der Waals surface area (Å²) in [6.45, 7) is 5.90. The smallest absolute Gasteiger partial charge is 0.251 e. The van der Waals surface area contributed by atoms with Gasteiger partial charge in [0.25, 0.3) is 5.91 Å². The molecule has 152 valence electrons. The summed E-state index contributed by atoms with van der Waals surface area (Å²) in [5.41, 5.74) is 6.03. The van der Waals surface area contributed by atoms with Crippen LogP contribution in [0.5, 0.6) is 0 Å². The lowest BCUT2D eigenvalue weighted by Crippen LogP contribution is -2.23. The number of rotatable bonds is 7. The highest BCUT2D eigenvalue weighted by molar-refractivity contribution is 5.94. The molecule has 2 aromatic carbocycles. The topological polar surface area (TPSA) is 64.7 Å². The van der Waals surface area contributed by atoms with E-state index in [1.54, 1.807) is 6.20 Å². The minimum absolute atomic E-state index is 0.0877. The minimum Gasteiger partial charge on any atom is -0.348 e. The zero-order chi connectivity index (χ0) is 20.9. The Morgan fingerprint density at radius 1 is 0.933 bits per heavy atom. The van der Waals surface area contributed by atoms with Gasteiger partial charge in [-0.3, -0.25) is 14.2 Å². The number of hydrogen-bond donors (Lipinski definition) is 1. The first-order valence-corrected chi connectivity index (χ1v) is 10.0. The summed E-state index contributed by atoms with van der Waals surface area (Å²) in [5.74, 6) is -0.0877. The van der Waals surface area contributed by atoms with Crippen LogP contribution in [0.15, 0.2) is 73.1 Å². The largest absolute Gasteiger partial charge is 0.348 e. The highest BCUT2D eigenvalue weighted by Crippen LogP contribution is 2.15. The van der Waals surface area contributed by atoms with Crippen LogP contribution in [-0.2, 0) is 19.6 Å². The lowest BCUT2D eigenvalue weighted by molar-refractivity contribution is 0.0951. The summed E-state index contributed by atoms with van der Waals surface area (Å²) in [6, 6.07) is 19.8. The van der Waals surface area contributed by atoms with E-state index in [0.29, 0.717) is 18.7 Å². The molecule has 0 saturated heterocycles. The molecule has 0 bridgehead atoms. The Hall–Kier alpha value is -3.67. The molecule has 0 saturated carbocycles. The van der Waals surface area contributed by atoms with Crippen LogP contribution in [0, 0.1) is 13.8 Å². The normalized spacial score (nSPS) is 10.9. The maximum Gasteiger partial charge on any atom is 0.251 e. The zero-order valence-electron chi connectivity index (χ0n) is 17.2. The molecule has 0 unspecified atom stereocenters. The predicted octanol–water partition coefficient (Wildman–Crippen LogP) is 3.72. The molecular formula is C24H25N5O. The third-order valence-electron chi connectivity index (χ3n) is 5.25. The molecule has 0 spiro atoms. The van der Waals surface area contributed by atoms with Gasteiger partial charge in [-0.15, -0.1) is 0 Å². The number of hydrogen-bond acceptors (Lipinski definition) is 3. The molecule has 0 radical (unpaired) electrons. The molecule has 0 aliphatic heterocycles. The molecule has 0 atom stereocenters. The van der Waals surface area contributed by atoms with Crippen molar-refractivity contribution in [2.75, 3.05) is 0 Å². The molecule has 1 amide bonds. The molecule has 1 N–H and O–H groups in total. The van der Waals surface area contributed by atoms with Crippen LogP contribution < -0.4 is 5.32 Å². The molecule has 6 heteroatoms. The summed E-state index contributed by atoms with van der Waals surface area (Å²) in [4.78, 5) is 12.6. The second-order valence-electron chi connectivity index (χ2n) is 7.38. The standard InChI is InChI=1S/C24H25N5O/c1-18-23(19(2)29(27-18)17-20-7-4-3-5-8-20)15-25-24(30)22-11-9-21(10-12-22)16-28-14-6-13-26-28/h3-14H,15-17H2,1-2H3,(H,25,30). The number of nitrogens with zero attached hydrogens (tertiary/aromatic N) is 4. The number of carbonyl (C=O) groups is 1. The fourth-order valence-corrected chi connectivity index (χ4v) is 3.51. The van der Waals surface area contributed by atoms with Crippen molar-refractivity contribution in [1.82, 2.24) is 24.9 Å². The van der Waals surface area contributed by atoms with Crippen molar-refractivity contribution in [1.29, 1.82) is 0 Å². The van der Waals surface area contributed by atoms with Crippen molar-refractivity contribution >= 4 is 5.91 Å². The van der Waals surface area contributed by atoms with Gasteiger partial charge in [0.05, 0.1) is 18.8 Å². The van der Waals surface area contributed by atoms with E-state index in [4.69, 9.17) is 0 Å². The molecule has 6 nitrogen and oxygen atoms in total. The number of carbonyl (C=O) groups excluding carboxylic acids is 1. The number of aromatic nitrogens is 4. The Balaban J connectivity index is 1.39. The average molecular weight is 399 g/mol. The quantitative estimate of drug-likeness (QED) is 0.515. The van der Waals surface area contributed by atoms with Crippen molar-refractivity contribution < 1.29 is 4.79 Å². The van der Waals surface area contributed by atoms with Crippen LogP contribution in [0.3, 0.4) is 0 Å². The summed E-state index contributed by atoms with van der Waals surface area (Å²) in [7, 11) is 0. The minimum atomic E-state index is -0.0877. The van der Waals surface area contributed by atoms with Crippen LogP contribution in [0.25, 0.3) is 0 Å². The molecule has 0 fully saturated rings. The first kappa shape index (κ1) is 19.6. The van der Waals surface area contributed by atoms with Crippen LogP contribution in [0.4, 0.5) is 0 Å². The Morgan fingerprint density at radius 2 is 1.67 bits per heavy atom. The van der Waals surface area contributed by atoms with Gasteiger partial charge in [0, 0.05) is 35.8 Å². The SMILES string of the molecule is Cc1nn(Cc2ccccc2)c(C)c1CNC(=O)c1ccc(Cn2cccn2)cc1. The second kappa shape index (κ2) is 8.78. The van der Waals surface area contributed by atoms with Gasteiger partial charge >= 0.3 is 0 Å². The zero-order valence-corrected chi connectivity index (χ0v) is 17.2.